The van der Waals surface area contributed by atoms with E-state index in [2.05, 4.69) is 5.10 Å². The highest BCUT2D eigenvalue weighted by atomic mass is 16.5. The molecular weight excluding hydrogens is 344 g/mol. The van der Waals surface area contributed by atoms with Gasteiger partial charge in [0.25, 0.3) is 0 Å². The molecule has 2 aromatic carbocycles. The van der Waals surface area contributed by atoms with Gasteiger partial charge in [0.15, 0.2) is 11.5 Å². The van der Waals surface area contributed by atoms with Gasteiger partial charge in [-0.05, 0) is 12.5 Å². The molecule has 1 aliphatic rings. The van der Waals surface area contributed by atoms with Crippen LogP contribution in [0.1, 0.15) is 35.7 Å². The Morgan fingerprint density at radius 2 is 1.59 bits per heavy atom. The number of hydrogen-bond acceptors (Lipinski definition) is 5. The molecule has 2 aromatic rings. The number of ether oxygens (including phenoxy) is 1. The Bertz CT molecular complexity index is 878. The van der Waals surface area contributed by atoms with E-state index >= 15 is 0 Å². The van der Waals surface area contributed by atoms with Crippen LogP contribution >= 0.6 is 0 Å². The molecule has 0 bridgehead atoms. The maximum atomic E-state index is 13.3. The van der Waals surface area contributed by atoms with E-state index in [0.29, 0.717) is 5.56 Å². The highest BCUT2D eigenvalue weighted by molar-refractivity contribution is 6.40. The van der Waals surface area contributed by atoms with Crippen molar-refractivity contribution in [1.82, 2.24) is 5.01 Å². The lowest BCUT2D eigenvalue weighted by molar-refractivity contribution is -0.135. The average molecular weight is 364 g/mol. The Labute approximate surface area is 157 Å². The summed E-state index contributed by atoms with van der Waals surface area (Å²) in [4.78, 5) is 38.0. The molecule has 0 aromatic heterocycles. The number of esters is 1. The minimum absolute atomic E-state index is 0.0625. The van der Waals surface area contributed by atoms with Crippen LogP contribution < -0.4 is 0 Å². The summed E-state index contributed by atoms with van der Waals surface area (Å²) in [5.41, 5.74) is 1.24. The van der Waals surface area contributed by atoms with E-state index in [-0.39, 0.29) is 18.1 Å². The molecule has 0 unspecified atom stereocenters. The van der Waals surface area contributed by atoms with Crippen molar-refractivity contribution in [3.8, 4) is 0 Å². The van der Waals surface area contributed by atoms with E-state index < -0.39 is 23.8 Å². The van der Waals surface area contributed by atoms with Gasteiger partial charge >= 0.3 is 5.97 Å². The number of hydrazone groups is 1. The van der Waals surface area contributed by atoms with E-state index in [1.165, 1.54) is 6.92 Å². The van der Waals surface area contributed by atoms with Crippen LogP contribution in [0, 0.1) is 0 Å². The molecule has 0 N–H and O–H groups in total. The fraction of sp³-hybridized carbons (Fsp3) is 0.238. The van der Waals surface area contributed by atoms with Crippen LogP contribution in [-0.4, -0.2) is 41.0 Å². The first-order chi connectivity index (χ1) is 13.0. The molecule has 0 saturated carbocycles. The molecule has 0 spiro atoms. The fourth-order valence-corrected chi connectivity index (χ4v) is 3.21. The minimum Gasteiger partial charge on any atom is -0.461 e. The molecule has 27 heavy (non-hydrogen) atoms. The predicted molar refractivity (Wildman–Crippen MR) is 100 cm³/mol. The summed E-state index contributed by atoms with van der Waals surface area (Å²) < 4.78 is 5.12. The summed E-state index contributed by atoms with van der Waals surface area (Å²) in [6, 6.07) is 16.9. The molecule has 0 aliphatic carbocycles. The lowest BCUT2D eigenvalue weighted by Crippen LogP contribution is -2.42. The normalized spacial score (nSPS) is 18.7. The van der Waals surface area contributed by atoms with Gasteiger partial charge in [-0.15, -0.1) is 0 Å². The van der Waals surface area contributed by atoms with Crippen molar-refractivity contribution in [2.45, 2.75) is 25.8 Å². The summed E-state index contributed by atoms with van der Waals surface area (Å²) >= 11 is 0. The summed E-state index contributed by atoms with van der Waals surface area (Å²) in [6.45, 7) is 3.20. The van der Waals surface area contributed by atoms with Crippen LogP contribution in [-0.2, 0) is 14.3 Å². The molecule has 6 nitrogen and oxygen atoms in total. The van der Waals surface area contributed by atoms with Crippen LogP contribution in [0.4, 0.5) is 0 Å². The smallest absolute Gasteiger partial charge is 0.355 e. The van der Waals surface area contributed by atoms with Gasteiger partial charge in [0.05, 0.1) is 12.5 Å². The first kappa shape index (κ1) is 18.5. The number of hydrogen-bond donors (Lipinski definition) is 0. The van der Waals surface area contributed by atoms with Crippen molar-refractivity contribution in [2.75, 3.05) is 6.61 Å². The van der Waals surface area contributed by atoms with Gasteiger partial charge in [-0.25, -0.2) is 9.80 Å². The van der Waals surface area contributed by atoms with Crippen molar-refractivity contribution in [3.05, 3.63) is 71.8 Å². The summed E-state index contributed by atoms with van der Waals surface area (Å²) in [6.07, 6.45) is 0. The quantitative estimate of drug-likeness (QED) is 0.604. The second-order valence-corrected chi connectivity index (χ2v) is 6.13. The van der Waals surface area contributed by atoms with Crippen molar-refractivity contribution in [2.24, 2.45) is 5.10 Å². The summed E-state index contributed by atoms with van der Waals surface area (Å²) in [5, 5.41) is 5.29. The summed E-state index contributed by atoms with van der Waals surface area (Å²) in [7, 11) is 0. The first-order valence-corrected chi connectivity index (χ1v) is 8.74. The van der Waals surface area contributed by atoms with Crippen molar-refractivity contribution >= 4 is 23.4 Å². The Kier molecular flexibility index (Phi) is 5.45. The van der Waals surface area contributed by atoms with Crippen LogP contribution in [0.15, 0.2) is 65.8 Å². The number of rotatable bonds is 5. The first-order valence-electron chi connectivity index (χ1n) is 8.74. The van der Waals surface area contributed by atoms with Crippen LogP contribution in [0.3, 0.4) is 0 Å². The van der Waals surface area contributed by atoms with E-state index in [0.717, 1.165) is 10.6 Å². The Morgan fingerprint density at radius 3 is 2.15 bits per heavy atom. The third-order valence-electron chi connectivity index (χ3n) is 4.38. The zero-order chi connectivity index (χ0) is 19.4. The van der Waals surface area contributed by atoms with Gasteiger partial charge in [0, 0.05) is 12.5 Å². The molecule has 0 fully saturated rings. The second kappa shape index (κ2) is 7.95. The van der Waals surface area contributed by atoms with Gasteiger partial charge in [0.2, 0.25) is 5.91 Å². The molecule has 1 heterocycles. The SMILES string of the molecule is CCOC(=O)C1=NN(C(C)=O)[C@@H](C(=O)c2ccccc2)[C@H]1c1ccccc1. The topological polar surface area (TPSA) is 76.0 Å². The molecular formula is C21H20N2O4. The van der Waals surface area contributed by atoms with Gasteiger partial charge in [-0.1, -0.05) is 60.7 Å². The number of amides is 1. The number of benzene rings is 2. The van der Waals surface area contributed by atoms with E-state index in [1.54, 1.807) is 31.2 Å². The van der Waals surface area contributed by atoms with Gasteiger partial charge in [0.1, 0.15) is 6.04 Å². The molecule has 1 amide bonds. The van der Waals surface area contributed by atoms with Crippen molar-refractivity contribution in [1.29, 1.82) is 0 Å². The van der Waals surface area contributed by atoms with Crippen LogP contribution in [0.5, 0.6) is 0 Å². The Morgan fingerprint density at radius 1 is 1.00 bits per heavy atom. The van der Waals surface area contributed by atoms with Gasteiger partial charge in [-0.3, -0.25) is 9.59 Å². The average Bonchev–Trinajstić information content (AvgIpc) is 3.10. The maximum Gasteiger partial charge on any atom is 0.355 e. The molecule has 1 aliphatic heterocycles. The number of carbonyl (C=O) groups is 3. The third-order valence-corrected chi connectivity index (χ3v) is 4.38. The number of carbonyl (C=O) groups excluding carboxylic acids is 3. The highest BCUT2D eigenvalue weighted by Crippen LogP contribution is 2.34. The molecule has 3 rings (SSSR count). The third kappa shape index (κ3) is 3.65. The minimum atomic E-state index is -0.938. The zero-order valence-corrected chi connectivity index (χ0v) is 15.2. The lowest BCUT2D eigenvalue weighted by atomic mass is 9.84. The van der Waals surface area contributed by atoms with Crippen molar-refractivity contribution in [3.63, 3.8) is 0 Å². The molecule has 138 valence electrons. The maximum absolute atomic E-state index is 13.3. The molecule has 0 radical (unpaired) electrons. The van der Waals surface area contributed by atoms with Crippen LogP contribution in [0.2, 0.25) is 0 Å². The van der Waals surface area contributed by atoms with Gasteiger partial charge < -0.3 is 4.74 Å². The number of ketones is 1. The van der Waals surface area contributed by atoms with Crippen molar-refractivity contribution < 1.29 is 19.1 Å². The predicted octanol–water partition coefficient (Wildman–Crippen LogP) is 2.80. The van der Waals surface area contributed by atoms with E-state index in [9.17, 15) is 14.4 Å². The highest BCUT2D eigenvalue weighted by Gasteiger charge is 2.47. The summed E-state index contributed by atoms with van der Waals surface area (Å²) in [5.74, 6) is -2.00. The standard InChI is InChI=1S/C21H20N2O4/c1-3-27-21(26)18-17(15-10-6-4-7-11-15)19(23(22-18)14(2)24)20(25)16-12-8-5-9-13-16/h4-13,17,19H,3H2,1-2H3/t17-,19+/m0/s1. The fourth-order valence-electron chi connectivity index (χ4n) is 3.21. The van der Waals surface area contributed by atoms with E-state index in [1.807, 2.05) is 36.4 Å². The monoisotopic (exact) mass is 364 g/mol. The Balaban J connectivity index is 2.11. The second-order valence-electron chi connectivity index (χ2n) is 6.13. The largest absolute Gasteiger partial charge is 0.461 e. The van der Waals surface area contributed by atoms with Crippen LogP contribution in [0.25, 0.3) is 0 Å². The molecule has 6 heteroatoms. The molecule has 2 atom stereocenters. The lowest BCUT2D eigenvalue weighted by Gasteiger charge is -2.25. The van der Waals surface area contributed by atoms with E-state index in [4.69, 9.17) is 4.74 Å². The van der Waals surface area contributed by atoms with Gasteiger partial charge in [-0.2, -0.15) is 5.10 Å². The zero-order valence-electron chi connectivity index (χ0n) is 15.2. The number of Topliss-reactive ketones (excluding diaryl/α,β-unsaturated/α-hetero) is 1. The Hall–Kier alpha value is -3.28. The number of nitrogens with zero attached hydrogens (tertiary/aromatic N) is 2. The molecule has 0 saturated heterocycles.